The molecule has 0 bridgehead atoms. The van der Waals surface area contributed by atoms with Gasteiger partial charge in [0.2, 0.25) is 0 Å². The zero-order valence-corrected chi connectivity index (χ0v) is 10.9. The number of Topliss-reactive ketones (excluding diaryl/α,β-unsaturated/α-hetero) is 1. The Bertz CT molecular complexity index is 417. The van der Waals surface area contributed by atoms with Crippen LogP contribution in [0, 0.1) is 0 Å². The number of ketones is 1. The van der Waals surface area contributed by atoms with Crippen molar-refractivity contribution in [2.45, 2.75) is 45.1 Å². The topological polar surface area (TPSA) is 26.3 Å². The maximum atomic E-state index is 10.9. The van der Waals surface area contributed by atoms with Gasteiger partial charge in [0.25, 0.3) is 0 Å². The summed E-state index contributed by atoms with van der Waals surface area (Å²) in [5, 5.41) is 0. The lowest BCUT2D eigenvalue weighted by Gasteiger charge is -2.18. The molecule has 1 aliphatic rings. The quantitative estimate of drug-likeness (QED) is 0.738. The predicted molar refractivity (Wildman–Crippen MR) is 72.9 cm³/mol. The monoisotopic (exact) mass is 244 g/mol. The third-order valence-electron chi connectivity index (χ3n) is 3.19. The Hall–Kier alpha value is -1.57. The fourth-order valence-electron chi connectivity index (χ4n) is 2.11. The van der Waals surface area contributed by atoms with Crippen LogP contribution < -0.4 is 4.74 Å². The van der Waals surface area contributed by atoms with Crippen LogP contribution in [0.2, 0.25) is 0 Å². The Morgan fingerprint density at radius 2 is 2.11 bits per heavy atom. The number of carbonyl (C=O) groups excluding carboxylic acids is 1. The maximum absolute atomic E-state index is 10.9. The molecule has 2 rings (SSSR count). The fourth-order valence-corrected chi connectivity index (χ4v) is 2.11. The van der Waals surface area contributed by atoms with Gasteiger partial charge < -0.3 is 9.53 Å². The number of aryl methyl sites for hydroxylation is 1. The second-order valence-corrected chi connectivity index (χ2v) is 4.86. The molecule has 0 aliphatic heterocycles. The lowest BCUT2D eigenvalue weighted by Crippen LogP contribution is -2.15. The second-order valence-electron chi connectivity index (χ2n) is 4.86. The number of benzene rings is 1. The van der Waals surface area contributed by atoms with E-state index in [4.69, 9.17) is 4.74 Å². The Morgan fingerprint density at radius 3 is 2.72 bits per heavy atom. The van der Waals surface area contributed by atoms with Crippen molar-refractivity contribution in [2.24, 2.45) is 0 Å². The zero-order valence-electron chi connectivity index (χ0n) is 10.9. The summed E-state index contributed by atoms with van der Waals surface area (Å²) in [6.45, 7) is 1.63. The Labute approximate surface area is 109 Å². The summed E-state index contributed by atoms with van der Waals surface area (Å²) in [6.07, 6.45) is 9.47. The predicted octanol–water partition coefficient (Wildman–Crippen LogP) is 3.70. The van der Waals surface area contributed by atoms with Crippen molar-refractivity contribution in [1.82, 2.24) is 0 Å². The Morgan fingerprint density at radius 1 is 1.33 bits per heavy atom. The standard InChI is InChI=1S/C16H20O2/c1-13(17)7-8-14-9-11-16(12-10-14)18-15-5-3-2-4-6-15/h3,5,9-12,15H,2,4,6-8H2,1H3. The van der Waals surface area contributed by atoms with E-state index < -0.39 is 0 Å². The van der Waals surface area contributed by atoms with Gasteiger partial charge in [0, 0.05) is 6.42 Å². The van der Waals surface area contributed by atoms with E-state index >= 15 is 0 Å². The lowest BCUT2D eigenvalue weighted by atomic mass is 10.1. The highest BCUT2D eigenvalue weighted by atomic mass is 16.5. The number of allylic oxidation sites excluding steroid dienone is 1. The van der Waals surface area contributed by atoms with Crippen LogP contribution in [0.4, 0.5) is 0 Å². The molecule has 0 aromatic heterocycles. The van der Waals surface area contributed by atoms with Crippen molar-refractivity contribution in [3.05, 3.63) is 42.0 Å². The van der Waals surface area contributed by atoms with E-state index in [2.05, 4.69) is 12.2 Å². The van der Waals surface area contributed by atoms with Crippen LogP contribution in [-0.4, -0.2) is 11.9 Å². The molecule has 1 aliphatic carbocycles. The van der Waals surface area contributed by atoms with E-state index in [1.54, 1.807) is 6.92 Å². The molecule has 0 spiro atoms. The molecule has 18 heavy (non-hydrogen) atoms. The van der Waals surface area contributed by atoms with Crippen LogP contribution in [0.15, 0.2) is 36.4 Å². The van der Waals surface area contributed by atoms with Crippen molar-refractivity contribution < 1.29 is 9.53 Å². The van der Waals surface area contributed by atoms with Crippen LogP contribution in [0.3, 0.4) is 0 Å². The van der Waals surface area contributed by atoms with Crippen LogP contribution in [0.5, 0.6) is 5.75 Å². The van der Waals surface area contributed by atoms with Gasteiger partial charge in [-0.1, -0.05) is 18.2 Å². The molecule has 2 nitrogen and oxygen atoms in total. The van der Waals surface area contributed by atoms with E-state index in [-0.39, 0.29) is 11.9 Å². The minimum atomic E-state index is 0.224. The third kappa shape index (κ3) is 4.02. The third-order valence-corrected chi connectivity index (χ3v) is 3.19. The van der Waals surface area contributed by atoms with E-state index in [9.17, 15) is 4.79 Å². The SMILES string of the molecule is CC(=O)CCc1ccc(OC2C=CCCC2)cc1. The molecule has 0 N–H and O–H groups in total. The van der Waals surface area contributed by atoms with E-state index in [1.165, 1.54) is 18.4 Å². The van der Waals surface area contributed by atoms with E-state index in [1.807, 2.05) is 24.3 Å². The number of carbonyl (C=O) groups is 1. The Kier molecular flexibility index (Phi) is 4.57. The highest BCUT2D eigenvalue weighted by Gasteiger charge is 2.09. The number of hydrogen-bond acceptors (Lipinski definition) is 2. The minimum absolute atomic E-state index is 0.224. The molecule has 1 aromatic carbocycles. The van der Waals surface area contributed by atoms with Crippen LogP contribution in [-0.2, 0) is 11.2 Å². The van der Waals surface area contributed by atoms with Gasteiger partial charge in [0.05, 0.1) is 0 Å². The average Bonchev–Trinajstić information content (AvgIpc) is 2.39. The molecule has 0 radical (unpaired) electrons. The highest BCUT2D eigenvalue weighted by molar-refractivity contribution is 5.75. The molecular formula is C16H20O2. The number of rotatable bonds is 5. The summed E-state index contributed by atoms with van der Waals surface area (Å²) < 4.78 is 5.88. The van der Waals surface area contributed by atoms with Gasteiger partial charge in [0.15, 0.2) is 0 Å². The number of ether oxygens (including phenoxy) is 1. The molecule has 0 saturated heterocycles. The van der Waals surface area contributed by atoms with Gasteiger partial charge >= 0.3 is 0 Å². The van der Waals surface area contributed by atoms with Crippen molar-refractivity contribution in [2.75, 3.05) is 0 Å². The van der Waals surface area contributed by atoms with Crippen LogP contribution >= 0.6 is 0 Å². The summed E-state index contributed by atoms with van der Waals surface area (Å²) in [5.41, 5.74) is 1.19. The molecule has 1 atom stereocenters. The second kappa shape index (κ2) is 6.39. The van der Waals surface area contributed by atoms with E-state index in [0.717, 1.165) is 18.6 Å². The first-order valence-corrected chi connectivity index (χ1v) is 6.66. The average molecular weight is 244 g/mol. The van der Waals surface area contributed by atoms with Gasteiger partial charge in [-0.15, -0.1) is 0 Å². The summed E-state index contributed by atoms with van der Waals surface area (Å²) in [5.74, 6) is 1.15. The van der Waals surface area contributed by atoms with Gasteiger partial charge in [-0.3, -0.25) is 0 Å². The number of hydrogen-bond donors (Lipinski definition) is 0. The summed E-state index contributed by atoms with van der Waals surface area (Å²) >= 11 is 0. The largest absolute Gasteiger partial charge is 0.486 e. The molecule has 0 fully saturated rings. The van der Waals surface area contributed by atoms with E-state index in [0.29, 0.717) is 6.42 Å². The first-order valence-electron chi connectivity index (χ1n) is 6.66. The summed E-state index contributed by atoms with van der Waals surface area (Å²) in [6, 6.07) is 8.09. The highest BCUT2D eigenvalue weighted by Crippen LogP contribution is 2.19. The molecule has 96 valence electrons. The van der Waals surface area contributed by atoms with Gasteiger partial charge in [-0.2, -0.15) is 0 Å². The van der Waals surface area contributed by atoms with Crippen molar-refractivity contribution in [3.8, 4) is 5.75 Å². The molecule has 0 amide bonds. The smallest absolute Gasteiger partial charge is 0.130 e. The van der Waals surface area contributed by atoms with Crippen molar-refractivity contribution in [1.29, 1.82) is 0 Å². The molecule has 0 saturated carbocycles. The Balaban J connectivity index is 1.88. The van der Waals surface area contributed by atoms with Gasteiger partial charge in [-0.25, -0.2) is 0 Å². The molecule has 2 heteroatoms. The maximum Gasteiger partial charge on any atom is 0.130 e. The minimum Gasteiger partial charge on any atom is -0.486 e. The molecule has 1 unspecified atom stereocenters. The zero-order chi connectivity index (χ0) is 12.8. The van der Waals surface area contributed by atoms with Crippen LogP contribution in [0.25, 0.3) is 0 Å². The molecule has 0 heterocycles. The van der Waals surface area contributed by atoms with Crippen molar-refractivity contribution in [3.63, 3.8) is 0 Å². The molecular weight excluding hydrogens is 224 g/mol. The van der Waals surface area contributed by atoms with Crippen LogP contribution in [0.1, 0.15) is 38.2 Å². The normalized spacial score (nSPS) is 18.6. The fraction of sp³-hybridized carbons (Fsp3) is 0.438. The first kappa shape index (κ1) is 12.9. The first-order chi connectivity index (χ1) is 8.74. The van der Waals surface area contributed by atoms with Gasteiger partial charge in [0.1, 0.15) is 17.6 Å². The van der Waals surface area contributed by atoms with Gasteiger partial charge in [-0.05, 0) is 56.4 Å². The molecule has 1 aromatic rings. The lowest BCUT2D eigenvalue weighted by molar-refractivity contribution is -0.116. The summed E-state index contributed by atoms with van der Waals surface area (Å²) in [4.78, 5) is 10.9. The summed E-state index contributed by atoms with van der Waals surface area (Å²) in [7, 11) is 0. The van der Waals surface area contributed by atoms with Crippen molar-refractivity contribution >= 4 is 5.78 Å².